The van der Waals surface area contributed by atoms with Crippen molar-refractivity contribution in [2.75, 3.05) is 6.54 Å². The van der Waals surface area contributed by atoms with Crippen molar-refractivity contribution in [3.8, 4) is 11.3 Å². The van der Waals surface area contributed by atoms with Gasteiger partial charge >= 0.3 is 0 Å². The molecule has 0 unspecified atom stereocenters. The molecule has 0 saturated heterocycles. The van der Waals surface area contributed by atoms with Crippen molar-refractivity contribution in [2.24, 2.45) is 5.73 Å². The van der Waals surface area contributed by atoms with E-state index in [4.69, 9.17) is 5.73 Å². The number of hydrogen-bond donors (Lipinski definition) is 1. The second-order valence-electron chi connectivity index (χ2n) is 4.17. The molecule has 108 valence electrons. The molecule has 7 nitrogen and oxygen atoms in total. The van der Waals surface area contributed by atoms with Gasteiger partial charge in [0.05, 0.1) is 11.1 Å². The van der Waals surface area contributed by atoms with Crippen LogP contribution in [0.15, 0.2) is 30.5 Å². The number of aryl methyl sites for hydroxylation is 1. The molecule has 0 bridgehead atoms. The van der Waals surface area contributed by atoms with Gasteiger partial charge in [-0.2, -0.15) is 0 Å². The summed E-state index contributed by atoms with van der Waals surface area (Å²) in [6, 6.07) is 6.37. The summed E-state index contributed by atoms with van der Waals surface area (Å²) in [5.74, 6) is 0. The fourth-order valence-electron chi connectivity index (χ4n) is 1.74. The van der Waals surface area contributed by atoms with Gasteiger partial charge in [-0.1, -0.05) is 17.3 Å². The Kier molecular flexibility index (Phi) is 6.08. The molecule has 0 saturated carbocycles. The number of nitro groups is 1. The number of benzene rings is 1. The van der Waals surface area contributed by atoms with Crippen LogP contribution < -0.4 is 5.73 Å². The van der Waals surface area contributed by atoms with Gasteiger partial charge in [0.1, 0.15) is 5.69 Å². The van der Waals surface area contributed by atoms with Crippen molar-refractivity contribution in [2.45, 2.75) is 19.4 Å². The van der Waals surface area contributed by atoms with Crippen molar-refractivity contribution in [1.29, 1.82) is 0 Å². The first kappa shape index (κ1) is 16.1. The summed E-state index contributed by atoms with van der Waals surface area (Å²) >= 11 is 0. The third-order valence-corrected chi connectivity index (χ3v) is 2.73. The van der Waals surface area contributed by atoms with E-state index < -0.39 is 4.92 Å². The predicted molar refractivity (Wildman–Crippen MR) is 77.6 cm³/mol. The van der Waals surface area contributed by atoms with E-state index >= 15 is 0 Å². The standard InChI is InChI=1S/C12H15N5O2.ClH/c13-6-1-2-7-16-9-12(14-15-16)10-4-3-5-11(8-10)17(18)19;/h3-5,8-9H,1-2,6-7,13H2;1H. The summed E-state index contributed by atoms with van der Waals surface area (Å²) in [4.78, 5) is 10.3. The van der Waals surface area contributed by atoms with Gasteiger partial charge in [0.25, 0.3) is 5.69 Å². The van der Waals surface area contributed by atoms with Crippen molar-refractivity contribution < 1.29 is 4.92 Å². The van der Waals surface area contributed by atoms with Crippen LogP contribution in [-0.2, 0) is 6.54 Å². The Balaban J connectivity index is 0.00000200. The number of rotatable bonds is 6. The summed E-state index contributed by atoms with van der Waals surface area (Å²) in [6.07, 6.45) is 3.66. The molecule has 2 rings (SSSR count). The van der Waals surface area contributed by atoms with Crippen LogP contribution in [0, 0.1) is 10.1 Å². The first-order chi connectivity index (χ1) is 9.20. The van der Waals surface area contributed by atoms with E-state index in [-0.39, 0.29) is 18.1 Å². The summed E-state index contributed by atoms with van der Waals surface area (Å²) in [7, 11) is 0. The predicted octanol–water partition coefficient (Wildman–Crippen LogP) is 2.01. The monoisotopic (exact) mass is 297 g/mol. The molecule has 0 amide bonds. The van der Waals surface area contributed by atoms with Gasteiger partial charge in [0, 0.05) is 24.2 Å². The van der Waals surface area contributed by atoms with Crippen LogP contribution >= 0.6 is 12.4 Å². The molecule has 20 heavy (non-hydrogen) atoms. The van der Waals surface area contributed by atoms with E-state index in [9.17, 15) is 10.1 Å². The number of nitrogens with zero attached hydrogens (tertiary/aromatic N) is 4. The zero-order valence-corrected chi connectivity index (χ0v) is 11.6. The topological polar surface area (TPSA) is 99.9 Å². The van der Waals surface area contributed by atoms with Crippen LogP contribution in [0.4, 0.5) is 5.69 Å². The summed E-state index contributed by atoms with van der Waals surface area (Å²) in [5.41, 5.74) is 6.81. The Morgan fingerprint density at radius 3 is 2.85 bits per heavy atom. The van der Waals surface area contributed by atoms with Gasteiger partial charge in [0.2, 0.25) is 0 Å². The molecule has 2 N–H and O–H groups in total. The highest BCUT2D eigenvalue weighted by Gasteiger charge is 2.09. The minimum Gasteiger partial charge on any atom is -0.330 e. The number of non-ortho nitro benzene ring substituents is 1. The van der Waals surface area contributed by atoms with E-state index in [2.05, 4.69) is 10.3 Å². The number of unbranched alkanes of at least 4 members (excludes halogenated alkanes) is 1. The van der Waals surface area contributed by atoms with Crippen molar-refractivity contribution >= 4 is 18.1 Å². The van der Waals surface area contributed by atoms with E-state index in [1.165, 1.54) is 12.1 Å². The Bertz CT molecular complexity index is 572. The zero-order valence-electron chi connectivity index (χ0n) is 10.8. The van der Waals surface area contributed by atoms with E-state index in [0.29, 0.717) is 17.8 Å². The normalized spacial score (nSPS) is 10.1. The molecule has 0 radical (unpaired) electrons. The number of halogens is 1. The van der Waals surface area contributed by atoms with Gasteiger partial charge in [-0.05, 0) is 19.4 Å². The minimum absolute atomic E-state index is 0. The summed E-state index contributed by atoms with van der Waals surface area (Å²) < 4.78 is 1.73. The highest BCUT2D eigenvalue weighted by molar-refractivity contribution is 5.85. The van der Waals surface area contributed by atoms with Crippen LogP contribution in [0.1, 0.15) is 12.8 Å². The SMILES string of the molecule is Cl.NCCCCn1cc(-c2cccc([N+](=O)[O-])c2)nn1. The maximum absolute atomic E-state index is 10.7. The number of aromatic nitrogens is 3. The van der Waals surface area contributed by atoms with Crippen LogP contribution in [0.5, 0.6) is 0 Å². The quantitative estimate of drug-likeness (QED) is 0.499. The number of hydrogen-bond acceptors (Lipinski definition) is 5. The number of nitro benzene ring substituents is 1. The molecule has 0 atom stereocenters. The molecule has 2 aromatic rings. The molecule has 1 heterocycles. The smallest absolute Gasteiger partial charge is 0.270 e. The fourth-order valence-corrected chi connectivity index (χ4v) is 1.74. The molecule has 8 heteroatoms. The van der Waals surface area contributed by atoms with Crippen LogP contribution in [-0.4, -0.2) is 26.5 Å². The van der Waals surface area contributed by atoms with Crippen molar-refractivity contribution in [3.05, 3.63) is 40.6 Å². The Hall–Kier alpha value is -1.99. The Morgan fingerprint density at radius 1 is 1.35 bits per heavy atom. The van der Waals surface area contributed by atoms with Gasteiger partial charge in [-0.25, -0.2) is 0 Å². The van der Waals surface area contributed by atoms with E-state index in [0.717, 1.165) is 19.4 Å². The van der Waals surface area contributed by atoms with E-state index in [1.807, 2.05) is 0 Å². The zero-order chi connectivity index (χ0) is 13.7. The van der Waals surface area contributed by atoms with E-state index in [1.54, 1.807) is 23.0 Å². The highest BCUT2D eigenvalue weighted by atomic mass is 35.5. The second kappa shape index (κ2) is 7.56. The lowest BCUT2D eigenvalue weighted by Crippen LogP contribution is -2.03. The molecule has 0 spiro atoms. The van der Waals surface area contributed by atoms with Crippen LogP contribution in [0.2, 0.25) is 0 Å². The van der Waals surface area contributed by atoms with Gasteiger partial charge in [-0.3, -0.25) is 14.8 Å². The van der Waals surface area contributed by atoms with Crippen molar-refractivity contribution in [1.82, 2.24) is 15.0 Å². The molecule has 1 aromatic heterocycles. The molecule has 0 fully saturated rings. The third-order valence-electron chi connectivity index (χ3n) is 2.73. The van der Waals surface area contributed by atoms with Gasteiger partial charge < -0.3 is 5.73 Å². The van der Waals surface area contributed by atoms with Crippen LogP contribution in [0.3, 0.4) is 0 Å². The highest BCUT2D eigenvalue weighted by Crippen LogP contribution is 2.21. The maximum atomic E-state index is 10.7. The molecule has 0 aliphatic heterocycles. The molecule has 1 aromatic carbocycles. The summed E-state index contributed by atoms with van der Waals surface area (Å²) in [5, 5.41) is 18.7. The largest absolute Gasteiger partial charge is 0.330 e. The average Bonchev–Trinajstić information content (AvgIpc) is 2.88. The second-order valence-corrected chi connectivity index (χ2v) is 4.17. The maximum Gasteiger partial charge on any atom is 0.270 e. The molecule has 0 aliphatic rings. The minimum atomic E-state index is -0.421. The Labute approximate surface area is 122 Å². The molecule has 0 aliphatic carbocycles. The molecular formula is C12H16ClN5O2. The van der Waals surface area contributed by atoms with Gasteiger partial charge in [0.15, 0.2) is 0 Å². The lowest BCUT2D eigenvalue weighted by molar-refractivity contribution is -0.384. The Morgan fingerprint density at radius 2 is 2.15 bits per heavy atom. The van der Waals surface area contributed by atoms with Crippen molar-refractivity contribution in [3.63, 3.8) is 0 Å². The lowest BCUT2D eigenvalue weighted by atomic mass is 10.1. The van der Waals surface area contributed by atoms with Crippen LogP contribution in [0.25, 0.3) is 11.3 Å². The average molecular weight is 298 g/mol. The summed E-state index contributed by atoms with van der Waals surface area (Å²) in [6.45, 7) is 1.41. The first-order valence-corrected chi connectivity index (χ1v) is 6.06. The van der Waals surface area contributed by atoms with Gasteiger partial charge in [-0.15, -0.1) is 17.5 Å². The molecular weight excluding hydrogens is 282 g/mol. The fraction of sp³-hybridized carbons (Fsp3) is 0.333. The number of nitrogens with two attached hydrogens (primary N) is 1. The first-order valence-electron chi connectivity index (χ1n) is 6.06. The third kappa shape index (κ3) is 4.01. The lowest BCUT2D eigenvalue weighted by Gasteiger charge is -1.98.